The van der Waals surface area contributed by atoms with Crippen LogP contribution in [0.25, 0.3) is 11.0 Å². The minimum absolute atomic E-state index is 0.0329. The molecule has 0 aromatic carbocycles. The van der Waals surface area contributed by atoms with Gasteiger partial charge in [0.2, 0.25) is 0 Å². The Bertz CT molecular complexity index is 836. The zero-order chi connectivity index (χ0) is 18.3. The van der Waals surface area contributed by atoms with Crippen LogP contribution >= 0.6 is 0 Å². The topological polar surface area (TPSA) is 66.8 Å². The maximum Gasteiger partial charge on any atom is 0.262 e. The number of rotatable bonds is 5. The molecule has 1 saturated carbocycles. The summed E-state index contributed by atoms with van der Waals surface area (Å²) in [4.78, 5) is 21.7. The first-order chi connectivity index (χ1) is 12.4. The van der Waals surface area contributed by atoms with Crippen LogP contribution in [0.2, 0.25) is 0 Å². The van der Waals surface area contributed by atoms with Crippen molar-refractivity contribution in [2.45, 2.75) is 57.4 Å². The Kier molecular flexibility index (Phi) is 4.54. The standard InChI is InChI=1S/C18H25F2N5O/c1-18(19,20)11-24-7-3-6-13(10-24)25-16-14(9-21-25)17(26)23-15(22-16)8-12-4-2-5-12/h9,12-13H,2-8,10-11H2,1H3,(H,22,23,26). The Morgan fingerprint density at radius 2 is 2.12 bits per heavy atom. The molecule has 0 spiro atoms. The first kappa shape index (κ1) is 17.6. The van der Waals surface area contributed by atoms with Gasteiger partial charge in [0.05, 0.1) is 18.8 Å². The number of aromatic nitrogens is 4. The molecule has 1 aliphatic carbocycles. The fraction of sp³-hybridized carbons (Fsp3) is 0.722. The van der Waals surface area contributed by atoms with E-state index in [0.717, 1.165) is 26.2 Å². The number of alkyl halides is 2. The second-order valence-corrected chi connectivity index (χ2v) is 7.94. The van der Waals surface area contributed by atoms with Crippen molar-refractivity contribution in [2.24, 2.45) is 5.92 Å². The molecule has 1 atom stereocenters. The number of hydrogen-bond acceptors (Lipinski definition) is 4. The fourth-order valence-electron chi connectivity index (χ4n) is 4.08. The van der Waals surface area contributed by atoms with Gasteiger partial charge in [-0.25, -0.2) is 18.4 Å². The summed E-state index contributed by atoms with van der Waals surface area (Å²) in [5, 5.41) is 4.86. The van der Waals surface area contributed by atoms with E-state index in [9.17, 15) is 13.6 Å². The summed E-state index contributed by atoms with van der Waals surface area (Å²) >= 11 is 0. The lowest BCUT2D eigenvalue weighted by atomic mass is 9.83. The molecule has 2 aliphatic rings. The quantitative estimate of drug-likeness (QED) is 0.885. The van der Waals surface area contributed by atoms with Gasteiger partial charge in [-0.3, -0.25) is 9.69 Å². The van der Waals surface area contributed by atoms with Crippen LogP contribution in [-0.2, 0) is 6.42 Å². The van der Waals surface area contributed by atoms with E-state index in [0.29, 0.717) is 35.9 Å². The van der Waals surface area contributed by atoms with E-state index >= 15 is 0 Å². The van der Waals surface area contributed by atoms with Crippen molar-refractivity contribution < 1.29 is 8.78 Å². The summed E-state index contributed by atoms with van der Waals surface area (Å²) in [7, 11) is 0. The zero-order valence-corrected chi connectivity index (χ0v) is 15.0. The van der Waals surface area contributed by atoms with Crippen molar-refractivity contribution in [1.82, 2.24) is 24.6 Å². The average molecular weight is 365 g/mol. The van der Waals surface area contributed by atoms with Gasteiger partial charge in [0.25, 0.3) is 11.5 Å². The van der Waals surface area contributed by atoms with Gasteiger partial charge in [-0.1, -0.05) is 19.3 Å². The first-order valence-electron chi connectivity index (χ1n) is 9.46. The summed E-state index contributed by atoms with van der Waals surface area (Å²) in [6, 6.07) is -0.0329. The van der Waals surface area contributed by atoms with Crippen LogP contribution in [-0.4, -0.2) is 50.2 Å². The van der Waals surface area contributed by atoms with Gasteiger partial charge in [-0.05, 0) is 25.3 Å². The van der Waals surface area contributed by atoms with Gasteiger partial charge >= 0.3 is 0 Å². The Morgan fingerprint density at radius 1 is 1.31 bits per heavy atom. The van der Waals surface area contributed by atoms with E-state index < -0.39 is 5.92 Å². The maximum atomic E-state index is 13.4. The Balaban J connectivity index is 1.60. The number of hydrogen-bond donors (Lipinski definition) is 1. The van der Waals surface area contributed by atoms with Crippen molar-refractivity contribution in [3.8, 4) is 0 Å². The van der Waals surface area contributed by atoms with Gasteiger partial charge in [-0.15, -0.1) is 0 Å². The largest absolute Gasteiger partial charge is 0.310 e. The van der Waals surface area contributed by atoms with Crippen LogP contribution in [0, 0.1) is 5.92 Å². The average Bonchev–Trinajstić information content (AvgIpc) is 2.94. The van der Waals surface area contributed by atoms with Crippen molar-refractivity contribution >= 4 is 11.0 Å². The molecule has 0 bridgehead atoms. The molecule has 1 aliphatic heterocycles. The number of nitrogens with zero attached hydrogens (tertiary/aromatic N) is 4. The minimum atomic E-state index is -2.71. The third-order valence-electron chi connectivity index (χ3n) is 5.55. The van der Waals surface area contributed by atoms with Crippen LogP contribution in [0.4, 0.5) is 8.78 Å². The summed E-state index contributed by atoms with van der Waals surface area (Å²) in [6.07, 6.45) is 7.63. The lowest BCUT2D eigenvalue weighted by Gasteiger charge is -2.34. The van der Waals surface area contributed by atoms with Crippen molar-refractivity contribution in [3.63, 3.8) is 0 Å². The molecule has 0 amide bonds. The molecule has 6 nitrogen and oxygen atoms in total. The molecule has 1 N–H and O–H groups in total. The van der Waals surface area contributed by atoms with E-state index in [1.165, 1.54) is 19.3 Å². The van der Waals surface area contributed by atoms with E-state index in [2.05, 4.69) is 15.1 Å². The zero-order valence-electron chi connectivity index (χ0n) is 15.0. The van der Waals surface area contributed by atoms with Crippen LogP contribution in [0.5, 0.6) is 0 Å². The molecule has 2 aromatic heterocycles. The predicted molar refractivity (Wildman–Crippen MR) is 94.5 cm³/mol. The Morgan fingerprint density at radius 3 is 2.81 bits per heavy atom. The lowest BCUT2D eigenvalue weighted by molar-refractivity contribution is -0.0238. The van der Waals surface area contributed by atoms with Crippen molar-refractivity contribution in [1.29, 1.82) is 0 Å². The third kappa shape index (κ3) is 3.65. The van der Waals surface area contributed by atoms with E-state index in [4.69, 9.17) is 0 Å². The van der Waals surface area contributed by atoms with Crippen LogP contribution in [0.1, 0.15) is 50.9 Å². The highest BCUT2D eigenvalue weighted by molar-refractivity contribution is 5.73. The number of aromatic amines is 1. The summed E-state index contributed by atoms with van der Waals surface area (Å²) in [6.45, 7) is 1.88. The van der Waals surface area contributed by atoms with Crippen LogP contribution < -0.4 is 5.56 Å². The first-order valence-corrected chi connectivity index (χ1v) is 9.46. The fourth-order valence-corrected chi connectivity index (χ4v) is 4.08. The molecule has 0 radical (unpaired) electrons. The molecule has 26 heavy (non-hydrogen) atoms. The number of likely N-dealkylation sites (tertiary alicyclic amines) is 1. The lowest BCUT2D eigenvalue weighted by Crippen LogP contribution is -2.42. The monoisotopic (exact) mass is 365 g/mol. The van der Waals surface area contributed by atoms with Gasteiger partial charge in [-0.2, -0.15) is 5.10 Å². The van der Waals surface area contributed by atoms with Crippen molar-refractivity contribution in [2.75, 3.05) is 19.6 Å². The van der Waals surface area contributed by atoms with Gasteiger partial charge in [0.1, 0.15) is 11.2 Å². The maximum absolute atomic E-state index is 13.4. The predicted octanol–water partition coefficient (Wildman–Crippen LogP) is 2.75. The second-order valence-electron chi connectivity index (χ2n) is 7.94. The minimum Gasteiger partial charge on any atom is -0.310 e. The smallest absolute Gasteiger partial charge is 0.262 e. The third-order valence-corrected chi connectivity index (χ3v) is 5.55. The molecule has 4 rings (SSSR count). The molecule has 1 unspecified atom stereocenters. The SMILES string of the molecule is CC(F)(F)CN1CCCC(n2ncc3c(=O)[nH]c(CC4CCC4)nc32)C1. The molecular weight excluding hydrogens is 340 g/mol. The van der Waals surface area contributed by atoms with E-state index in [-0.39, 0.29) is 18.1 Å². The van der Waals surface area contributed by atoms with Gasteiger partial charge in [0, 0.05) is 19.9 Å². The highest BCUT2D eigenvalue weighted by Crippen LogP contribution is 2.29. The van der Waals surface area contributed by atoms with Gasteiger partial charge in [0.15, 0.2) is 5.65 Å². The number of halogens is 2. The summed E-state index contributed by atoms with van der Waals surface area (Å²) < 4.78 is 28.5. The number of fused-ring (bicyclic) bond motifs is 1. The normalized spacial score (nSPS) is 22.7. The Labute approximate surface area is 150 Å². The second kappa shape index (κ2) is 6.72. The van der Waals surface area contributed by atoms with Crippen molar-refractivity contribution in [3.05, 3.63) is 22.4 Å². The van der Waals surface area contributed by atoms with E-state index in [1.54, 1.807) is 15.8 Å². The molecule has 8 heteroatoms. The number of piperidine rings is 1. The van der Waals surface area contributed by atoms with Crippen LogP contribution in [0.15, 0.2) is 11.0 Å². The highest BCUT2D eigenvalue weighted by atomic mass is 19.3. The number of H-pyrrole nitrogens is 1. The van der Waals surface area contributed by atoms with Gasteiger partial charge < -0.3 is 4.98 Å². The van der Waals surface area contributed by atoms with E-state index in [1.807, 2.05) is 0 Å². The molecule has 2 fully saturated rings. The molecular formula is C18H25F2N5O. The molecule has 1 saturated heterocycles. The number of nitrogens with one attached hydrogen (secondary N) is 1. The highest BCUT2D eigenvalue weighted by Gasteiger charge is 2.30. The van der Waals surface area contributed by atoms with Crippen LogP contribution in [0.3, 0.4) is 0 Å². The summed E-state index contributed by atoms with van der Waals surface area (Å²) in [5.74, 6) is -1.40. The Hall–Kier alpha value is -1.83. The molecule has 2 aromatic rings. The molecule has 3 heterocycles. The molecule has 142 valence electrons. The summed E-state index contributed by atoms with van der Waals surface area (Å²) in [5.41, 5.74) is 0.418.